The summed E-state index contributed by atoms with van der Waals surface area (Å²) < 4.78 is 7.75. The number of ether oxygens (including phenoxy) is 1. The van der Waals surface area contributed by atoms with Gasteiger partial charge in [-0.1, -0.05) is 12.1 Å². The standard InChI is InChI=1S/C15H21N3O/c1-12-10-14(4-5-16)11-13(2)15(12)19-9-8-18-7-3-6-17-18/h3,6-7,10-11H,4-5,8-9,16H2,1-2H3. The Kier molecular flexibility index (Phi) is 4.58. The minimum Gasteiger partial charge on any atom is -0.491 e. The first-order chi connectivity index (χ1) is 9.20. The fourth-order valence-corrected chi connectivity index (χ4v) is 2.25. The molecule has 2 rings (SSSR count). The Morgan fingerprint density at radius 2 is 2.00 bits per heavy atom. The number of nitrogens with zero attached hydrogens (tertiary/aromatic N) is 2. The van der Waals surface area contributed by atoms with E-state index in [1.165, 1.54) is 16.7 Å². The fraction of sp³-hybridized carbons (Fsp3) is 0.400. The van der Waals surface area contributed by atoms with Crippen molar-refractivity contribution >= 4 is 0 Å². The molecule has 0 saturated carbocycles. The van der Waals surface area contributed by atoms with Crippen LogP contribution >= 0.6 is 0 Å². The van der Waals surface area contributed by atoms with Gasteiger partial charge in [0.1, 0.15) is 12.4 Å². The number of aromatic nitrogens is 2. The molecule has 2 N–H and O–H groups in total. The van der Waals surface area contributed by atoms with Crippen molar-refractivity contribution in [3.63, 3.8) is 0 Å². The summed E-state index contributed by atoms with van der Waals surface area (Å²) in [5.41, 5.74) is 9.21. The predicted molar refractivity (Wildman–Crippen MR) is 76.4 cm³/mol. The minimum absolute atomic E-state index is 0.625. The first-order valence-corrected chi connectivity index (χ1v) is 6.61. The fourth-order valence-electron chi connectivity index (χ4n) is 2.25. The summed E-state index contributed by atoms with van der Waals surface area (Å²) in [6.45, 7) is 6.22. The first kappa shape index (κ1) is 13.6. The van der Waals surface area contributed by atoms with Crippen LogP contribution in [-0.2, 0) is 13.0 Å². The van der Waals surface area contributed by atoms with Crippen LogP contribution in [0, 0.1) is 13.8 Å². The average molecular weight is 259 g/mol. The van der Waals surface area contributed by atoms with Gasteiger partial charge in [0.15, 0.2) is 0 Å². The molecule has 0 aliphatic carbocycles. The van der Waals surface area contributed by atoms with Crippen LogP contribution in [0.3, 0.4) is 0 Å². The van der Waals surface area contributed by atoms with E-state index in [1.807, 2.05) is 16.9 Å². The lowest BCUT2D eigenvalue weighted by Gasteiger charge is -2.14. The molecule has 0 saturated heterocycles. The maximum absolute atomic E-state index is 5.88. The SMILES string of the molecule is Cc1cc(CCN)cc(C)c1OCCn1cccn1. The van der Waals surface area contributed by atoms with E-state index in [0.29, 0.717) is 13.2 Å². The molecule has 0 aliphatic heterocycles. The van der Waals surface area contributed by atoms with Gasteiger partial charge in [0, 0.05) is 12.4 Å². The topological polar surface area (TPSA) is 53.1 Å². The van der Waals surface area contributed by atoms with E-state index < -0.39 is 0 Å². The second kappa shape index (κ2) is 6.38. The van der Waals surface area contributed by atoms with Gasteiger partial charge in [-0.2, -0.15) is 5.10 Å². The van der Waals surface area contributed by atoms with Gasteiger partial charge in [-0.3, -0.25) is 4.68 Å². The summed E-state index contributed by atoms with van der Waals surface area (Å²) in [4.78, 5) is 0. The maximum Gasteiger partial charge on any atom is 0.125 e. The Balaban J connectivity index is 1.99. The zero-order chi connectivity index (χ0) is 13.7. The van der Waals surface area contributed by atoms with Crippen molar-refractivity contribution in [3.05, 3.63) is 47.3 Å². The zero-order valence-electron chi connectivity index (χ0n) is 11.6. The highest BCUT2D eigenvalue weighted by Gasteiger charge is 2.06. The molecule has 102 valence electrons. The van der Waals surface area contributed by atoms with Crippen LogP contribution in [0.4, 0.5) is 0 Å². The molecule has 1 heterocycles. The van der Waals surface area contributed by atoms with Crippen molar-refractivity contribution < 1.29 is 4.74 Å². The third-order valence-corrected chi connectivity index (χ3v) is 3.08. The zero-order valence-corrected chi connectivity index (χ0v) is 11.6. The van der Waals surface area contributed by atoms with E-state index in [0.717, 1.165) is 18.7 Å². The van der Waals surface area contributed by atoms with Gasteiger partial charge in [0.25, 0.3) is 0 Å². The molecule has 0 atom stereocenters. The number of benzene rings is 1. The van der Waals surface area contributed by atoms with Gasteiger partial charge in [0.05, 0.1) is 6.54 Å². The molecule has 19 heavy (non-hydrogen) atoms. The highest BCUT2D eigenvalue weighted by atomic mass is 16.5. The van der Waals surface area contributed by atoms with Crippen molar-refractivity contribution in [1.82, 2.24) is 9.78 Å². The molecule has 0 spiro atoms. The summed E-state index contributed by atoms with van der Waals surface area (Å²) in [5, 5.41) is 4.15. The van der Waals surface area contributed by atoms with Crippen LogP contribution in [0.15, 0.2) is 30.6 Å². The van der Waals surface area contributed by atoms with Crippen LogP contribution in [0.5, 0.6) is 5.75 Å². The smallest absolute Gasteiger partial charge is 0.125 e. The van der Waals surface area contributed by atoms with E-state index in [-0.39, 0.29) is 0 Å². The number of hydrogen-bond acceptors (Lipinski definition) is 3. The van der Waals surface area contributed by atoms with E-state index in [9.17, 15) is 0 Å². The van der Waals surface area contributed by atoms with Crippen molar-refractivity contribution in [2.24, 2.45) is 5.73 Å². The van der Waals surface area contributed by atoms with Gasteiger partial charge < -0.3 is 10.5 Å². The summed E-state index contributed by atoms with van der Waals surface area (Å²) in [6.07, 6.45) is 4.63. The molecule has 0 aliphatic rings. The number of aryl methyl sites for hydroxylation is 2. The lowest BCUT2D eigenvalue weighted by molar-refractivity contribution is 0.287. The Labute approximate surface area is 114 Å². The lowest BCUT2D eigenvalue weighted by atomic mass is 10.0. The van der Waals surface area contributed by atoms with Gasteiger partial charge in [0.2, 0.25) is 0 Å². The second-order valence-electron chi connectivity index (χ2n) is 4.72. The van der Waals surface area contributed by atoms with Gasteiger partial charge in [-0.15, -0.1) is 0 Å². The average Bonchev–Trinajstić information content (AvgIpc) is 2.86. The summed E-state index contributed by atoms with van der Waals surface area (Å²) >= 11 is 0. The van der Waals surface area contributed by atoms with Crippen LogP contribution in [0.1, 0.15) is 16.7 Å². The third-order valence-electron chi connectivity index (χ3n) is 3.08. The normalized spacial score (nSPS) is 10.7. The highest BCUT2D eigenvalue weighted by Crippen LogP contribution is 2.25. The molecule has 1 aromatic carbocycles. The number of nitrogens with two attached hydrogens (primary N) is 1. The summed E-state index contributed by atoms with van der Waals surface area (Å²) in [6, 6.07) is 6.23. The molecule has 0 bridgehead atoms. The molecule has 0 radical (unpaired) electrons. The Morgan fingerprint density at radius 3 is 2.58 bits per heavy atom. The molecule has 1 aromatic heterocycles. The van der Waals surface area contributed by atoms with Crippen LogP contribution < -0.4 is 10.5 Å². The molecule has 0 unspecified atom stereocenters. The summed E-state index contributed by atoms with van der Waals surface area (Å²) in [5.74, 6) is 0.980. The van der Waals surface area contributed by atoms with E-state index in [1.54, 1.807) is 6.20 Å². The largest absolute Gasteiger partial charge is 0.491 e. The van der Waals surface area contributed by atoms with Crippen molar-refractivity contribution in [1.29, 1.82) is 0 Å². The van der Waals surface area contributed by atoms with Crippen LogP contribution in [-0.4, -0.2) is 22.9 Å². The number of rotatable bonds is 6. The van der Waals surface area contributed by atoms with Crippen LogP contribution in [0.2, 0.25) is 0 Å². The first-order valence-electron chi connectivity index (χ1n) is 6.61. The van der Waals surface area contributed by atoms with E-state index >= 15 is 0 Å². The molecule has 4 nitrogen and oxygen atoms in total. The van der Waals surface area contributed by atoms with Gasteiger partial charge in [-0.25, -0.2) is 0 Å². The minimum atomic E-state index is 0.625. The highest BCUT2D eigenvalue weighted by molar-refractivity contribution is 5.43. The predicted octanol–water partition coefficient (Wildman–Crippen LogP) is 2.08. The molecule has 2 aromatic rings. The second-order valence-corrected chi connectivity index (χ2v) is 4.72. The van der Waals surface area contributed by atoms with Gasteiger partial charge >= 0.3 is 0 Å². The number of hydrogen-bond donors (Lipinski definition) is 1. The van der Waals surface area contributed by atoms with Crippen LogP contribution in [0.25, 0.3) is 0 Å². The quantitative estimate of drug-likeness (QED) is 0.864. The van der Waals surface area contributed by atoms with E-state index in [2.05, 4.69) is 31.1 Å². The van der Waals surface area contributed by atoms with Crippen molar-refractivity contribution in [2.45, 2.75) is 26.8 Å². The summed E-state index contributed by atoms with van der Waals surface area (Å²) in [7, 11) is 0. The maximum atomic E-state index is 5.88. The Morgan fingerprint density at radius 1 is 1.26 bits per heavy atom. The molecular formula is C15H21N3O. The van der Waals surface area contributed by atoms with E-state index in [4.69, 9.17) is 10.5 Å². The van der Waals surface area contributed by atoms with Crippen molar-refractivity contribution in [2.75, 3.05) is 13.2 Å². The van der Waals surface area contributed by atoms with Crippen molar-refractivity contribution in [3.8, 4) is 5.75 Å². The molecule has 0 amide bonds. The Bertz CT molecular complexity index is 497. The molecular weight excluding hydrogens is 238 g/mol. The molecule has 0 fully saturated rings. The monoisotopic (exact) mass is 259 g/mol. The Hall–Kier alpha value is -1.81. The lowest BCUT2D eigenvalue weighted by Crippen LogP contribution is -2.10. The molecule has 4 heteroatoms. The van der Waals surface area contributed by atoms with Gasteiger partial charge in [-0.05, 0) is 49.6 Å². The third kappa shape index (κ3) is 3.58.